The number of Topliss-reactive ketones (excluding diaryl/α,β-unsaturated/α-hetero) is 1. The maximum Gasteiger partial charge on any atom is 0.343 e. The molecule has 0 radical (unpaired) electrons. The highest BCUT2D eigenvalue weighted by atomic mass is 16.5. The van der Waals surface area contributed by atoms with Crippen LogP contribution in [0.3, 0.4) is 0 Å². The molecule has 0 aliphatic heterocycles. The number of benzene rings is 4. The fourth-order valence-electron chi connectivity index (χ4n) is 8.10. The summed E-state index contributed by atoms with van der Waals surface area (Å²) in [5.74, 6) is 2.51. The minimum Gasteiger partial charge on any atom is -0.487 e. The smallest absolute Gasteiger partial charge is 0.343 e. The number of carbonyl (C=O) groups is 2. The fraction of sp³-hybridized carbons (Fsp3) is 0.458. The number of aryl methyl sites for hydroxylation is 2. The highest BCUT2D eigenvalue weighted by molar-refractivity contribution is 6.00. The third kappa shape index (κ3) is 9.05. The van der Waals surface area contributed by atoms with Gasteiger partial charge < -0.3 is 14.2 Å². The van der Waals surface area contributed by atoms with E-state index in [1.807, 2.05) is 44.2 Å². The van der Waals surface area contributed by atoms with E-state index in [-0.39, 0.29) is 22.2 Å². The summed E-state index contributed by atoms with van der Waals surface area (Å²) in [4.78, 5) is 26.4. The third-order valence-electron chi connectivity index (χ3n) is 11.8. The summed E-state index contributed by atoms with van der Waals surface area (Å²) >= 11 is 0. The summed E-state index contributed by atoms with van der Waals surface area (Å²) in [7, 11) is 0. The maximum atomic E-state index is 13.3. The van der Waals surface area contributed by atoms with Gasteiger partial charge in [0.25, 0.3) is 0 Å². The molecule has 1 aliphatic rings. The van der Waals surface area contributed by atoms with Crippen LogP contribution in [0, 0.1) is 19.3 Å². The highest BCUT2D eigenvalue weighted by Crippen LogP contribution is 2.47. The van der Waals surface area contributed by atoms with Gasteiger partial charge in [0.2, 0.25) is 0 Å². The molecular formula is C48H60O5. The molecule has 5 rings (SSSR count). The van der Waals surface area contributed by atoms with E-state index >= 15 is 0 Å². The molecule has 2 atom stereocenters. The number of ketones is 1. The van der Waals surface area contributed by atoms with Crippen LogP contribution >= 0.6 is 0 Å². The number of esters is 1. The molecule has 53 heavy (non-hydrogen) atoms. The Bertz CT molecular complexity index is 1850. The van der Waals surface area contributed by atoms with Crippen molar-refractivity contribution in [2.45, 2.75) is 137 Å². The summed E-state index contributed by atoms with van der Waals surface area (Å²) < 4.78 is 18.6. The van der Waals surface area contributed by atoms with Gasteiger partial charge in [-0.2, -0.15) is 0 Å². The molecule has 4 aromatic carbocycles. The predicted octanol–water partition coefficient (Wildman–Crippen LogP) is 13.3. The Balaban J connectivity index is 1.27. The van der Waals surface area contributed by atoms with Gasteiger partial charge in [-0.1, -0.05) is 91.0 Å². The zero-order valence-electron chi connectivity index (χ0n) is 33.4. The molecule has 0 aromatic heterocycles. The Morgan fingerprint density at radius 2 is 1.17 bits per heavy atom. The molecule has 0 saturated heterocycles. The molecule has 0 spiro atoms. The highest BCUT2D eigenvalue weighted by Gasteiger charge is 2.37. The van der Waals surface area contributed by atoms with Crippen molar-refractivity contribution in [3.05, 3.63) is 118 Å². The SMILES string of the molecule is CCCC(C)(CC)Oc1ccc(C2(c3ccc(OC(=O)c4ccc(Oc5ccc(C(=O)C(C)(CC)CCC)cc5)cc4)c(C)c3)CCCCC2)cc1C. The molecule has 1 aliphatic carbocycles. The van der Waals surface area contributed by atoms with Crippen LogP contribution in [0.4, 0.5) is 0 Å². The van der Waals surface area contributed by atoms with Crippen LogP contribution in [0.25, 0.3) is 0 Å². The first-order valence-corrected chi connectivity index (χ1v) is 20.0. The van der Waals surface area contributed by atoms with E-state index in [0.717, 1.165) is 62.7 Å². The van der Waals surface area contributed by atoms with E-state index < -0.39 is 5.97 Å². The molecule has 0 heterocycles. The normalized spacial score (nSPS) is 16.2. The Kier molecular flexibility index (Phi) is 12.9. The first kappa shape index (κ1) is 39.8. The molecule has 1 saturated carbocycles. The lowest BCUT2D eigenvalue weighted by Crippen LogP contribution is -2.32. The van der Waals surface area contributed by atoms with Crippen molar-refractivity contribution in [3.8, 4) is 23.0 Å². The van der Waals surface area contributed by atoms with E-state index in [2.05, 4.69) is 71.9 Å². The van der Waals surface area contributed by atoms with Gasteiger partial charge in [-0.25, -0.2) is 4.79 Å². The lowest BCUT2D eigenvalue weighted by molar-refractivity contribution is 0.0727. The van der Waals surface area contributed by atoms with Crippen LogP contribution in [0.1, 0.15) is 155 Å². The number of ether oxygens (including phenoxy) is 3. The minimum absolute atomic E-state index is 0.0941. The van der Waals surface area contributed by atoms with Crippen LogP contribution in [0.2, 0.25) is 0 Å². The number of rotatable bonds is 16. The molecule has 282 valence electrons. The topological polar surface area (TPSA) is 61.8 Å². The Morgan fingerprint density at radius 3 is 1.66 bits per heavy atom. The van der Waals surface area contributed by atoms with E-state index in [0.29, 0.717) is 28.4 Å². The molecule has 5 heteroatoms. The zero-order chi connectivity index (χ0) is 38.2. The molecule has 1 fully saturated rings. The van der Waals surface area contributed by atoms with Gasteiger partial charge in [-0.15, -0.1) is 0 Å². The Labute approximate surface area is 318 Å². The van der Waals surface area contributed by atoms with Crippen LogP contribution in [-0.4, -0.2) is 17.4 Å². The molecule has 5 nitrogen and oxygen atoms in total. The maximum absolute atomic E-state index is 13.3. The summed E-state index contributed by atoms with van der Waals surface area (Å²) in [6.07, 6.45) is 11.5. The monoisotopic (exact) mass is 716 g/mol. The van der Waals surface area contributed by atoms with E-state index in [1.54, 1.807) is 24.3 Å². The lowest BCUT2D eigenvalue weighted by atomic mass is 9.65. The third-order valence-corrected chi connectivity index (χ3v) is 11.8. The van der Waals surface area contributed by atoms with Crippen molar-refractivity contribution in [2.24, 2.45) is 5.41 Å². The Hall–Kier alpha value is -4.38. The van der Waals surface area contributed by atoms with E-state index in [9.17, 15) is 9.59 Å². The molecule has 0 N–H and O–H groups in total. The second-order valence-electron chi connectivity index (χ2n) is 15.8. The van der Waals surface area contributed by atoms with Crippen LogP contribution in [-0.2, 0) is 5.41 Å². The van der Waals surface area contributed by atoms with Gasteiger partial charge in [0.1, 0.15) is 28.6 Å². The summed E-state index contributed by atoms with van der Waals surface area (Å²) in [5.41, 5.74) is 5.24. The van der Waals surface area contributed by atoms with Gasteiger partial charge in [0.05, 0.1) is 5.56 Å². The lowest BCUT2D eigenvalue weighted by Gasteiger charge is -2.39. The van der Waals surface area contributed by atoms with E-state index in [1.165, 1.54) is 36.0 Å². The number of hydrogen-bond donors (Lipinski definition) is 0. The van der Waals surface area contributed by atoms with Crippen LogP contribution < -0.4 is 14.2 Å². The molecular weight excluding hydrogens is 657 g/mol. The number of hydrogen-bond acceptors (Lipinski definition) is 5. The second-order valence-corrected chi connectivity index (χ2v) is 15.8. The summed E-state index contributed by atoms with van der Waals surface area (Å²) in [5, 5.41) is 0. The van der Waals surface area contributed by atoms with Crippen LogP contribution in [0.15, 0.2) is 84.9 Å². The first-order valence-electron chi connectivity index (χ1n) is 20.0. The Morgan fingerprint density at radius 1 is 0.642 bits per heavy atom. The fourth-order valence-corrected chi connectivity index (χ4v) is 8.10. The van der Waals surface area contributed by atoms with Crippen LogP contribution in [0.5, 0.6) is 23.0 Å². The predicted molar refractivity (Wildman–Crippen MR) is 216 cm³/mol. The van der Waals surface area contributed by atoms with Crippen molar-refractivity contribution in [1.82, 2.24) is 0 Å². The molecule has 4 aromatic rings. The quantitative estimate of drug-likeness (QED) is 0.0656. The standard InChI is InChI=1S/C48H60O5/c1-9-28-46(7,11-3)44(49)36-16-22-40(23-17-36)51-41-24-18-37(19-25-41)45(50)52-42-26-20-38(32-34(42)5)48(30-14-13-15-31-48)39-21-27-43(35(6)33-39)53-47(8,12-4)29-10-2/h16-27,32-33H,9-15,28-31H2,1-8H3. The van der Waals surface area contributed by atoms with Crippen molar-refractivity contribution in [3.63, 3.8) is 0 Å². The van der Waals surface area contributed by atoms with Gasteiger partial charge in [-0.3, -0.25) is 4.79 Å². The van der Waals surface area contributed by atoms with Gasteiger partial charge in [0, 0.05) is 16.4 Å². The van der Waals surface area contributed by atoms with Gasteiger partial charge >= 0.3 is 5.97 Å². The summed E-state index contributed by atoms with van der Waals surface area (Å²) in [6, 6.07) is 27.4. The first-order chi connectivity index (χ1) is 25.4. The molecule has 0 amide bonds. The number of carbonyl (C=O) groups excluding carboxylic acids is 2. The minimum atomic E-state index is -0.415. The zero-order valence-corrected chi connectivity index (χ0v) is 33.4. The van der Waals surface area contributed by atoms with Gasteiger partial charge in [0.15, 0.2) is 5.78 Å². The molecule has 0 bridgehead atoms. The second kappa shape index (κ2) is 17.2. The average Bonchev–Trinajstić information content (AvgIpc) is 3.17. The van der Waals surface area contributed by atoms with Crippen molar-refractivity contribution in [1.29, 1.82) is 0 Å². The van der Waals surface area contributed by atoms with E-state index in [4.69, 9.17) is 14.2 Å². The van der Waals surface area contributed by atoms with Crippen molar-refractivity contribution >= 4 is 11.8 Å². The summed E-state index contributed by atoms with van der Waals surface area (Å²) in [6.45, 7) is 17.1. The average molecular weight is 717 g/mol. The van der Waals surface area contributed by atoms with Gasteiger partial charge in [-0.05, 0) is 142 Å². The largest absolute Gasteiger partial charge is 0.487 e. The van der Waals surface area contributed by atoms with Crippen molar-refractivity contribution < 1.29 is 23.8 Å². The molecule has 2 unspecified atom stereocenters. The van der Waals surface area contributed by atoms with Crippen molar-refractivity contribution in [2.75, 3.05) is 0 Å².